The van der Waals surface area contributed by atoms with Gasteiger partial charge in [0.2, 0.25) is 0 Å². The van der Waals surface area contributed by atoms with E-state index < -0.39 is 4.92 Å². The van der Waals surface area contributed by atoms with E-state index in [1.165, 1.54) is 36.0 Å². The fourth-order valence-corrected chi connectivity index (χ4v) is 4.28. The van der Waals surface area contributed by atoms with E-state index in [9.17, 15) is 14.9 Å². The molecule has 32 heavy (non-hydrogen) atoms. The van der Waals surface area contributed by atoms with Crippen LogP contribution < -0.4 is 5.32 Å². The molecule has 0 aliphatic carbocycles. The molecule has 0 amide bonds. The van der Waals surface area contributed by atoms with E-state index in [2.05, 4.69) is 10.4 Å². The Morgan fingerprint density at radius 3 is 2.94 bits per heavy atom. The Hall–Kier alpha value is -2.88. The minimum Gasteiger partial charge on any atom is -0.356 e. The minimum atomic E-state index is -0.526. The highest BCUT2D eigenvalue weighted by molar-refractivity contribution is 8.02. The average molecular weight is 473 g/mol. The molecule has 2 heterocycles. The molecule has 1 atom stereocenters. The normalized spacial score (nSPS) is 16.8. The number of aromatic nitrogens is 2. The molecule has 1 N–H and O–H groups in total. The summed E-state index contributed by atoms with van der Waals surface area (Å²) in [5.74, 6) is -0.343. The number of non-ortho nitro benzene ring substituents is 1. The number of nitrogens with one attached hydrogen (secondary N) is 1. The number of benzene rings is 2. The Morgan fingerprint density at radius 1 is 1.38 bits per heavy atom. The lowest BCUT2D eigenvalue weighted by Crippen LogP contribution is -2.18. The second kappa shape index (κ2) is 9.72. The highest BCUT2D eigenvalue weighted by Crippen LogP contribution is 2.35. The van der Waals surface area contributed by atoms with Gasteiger partial charge in [-0.25, -0.2) is 4.68 Å². The molecule has 2 aromatic carbocycles. The number of nitro benzene ring substituents is 1. The van der Waals surface area contributed by atoms with E-state index in [4.69, 9.17) is 16.3 Å². The molecule has 8 nitrogen and oxygen atoms in total. The van der Waals surface area contributed by atoms with Crippen molar-refractivity contribution in [2.45, 2.75) is 25.5 Å². The number of fused-ring (bicyclic) bond motifs is 1. The number of nitrogens with zero attached hydrogens (tertiary/aromatic N) is 3. The van der Waals surface area contributed by atoms with Gasteiger partial charge in [-0.1, -0.05) is 23.7 Å². The van der Waals surface area contributed by atoms with E-state index >= 15 is 0 Å². The highest BCUT2D eigenvalue weighted by atomic mass is 35.5. The first kappa shape index (κ1) is 22.3. The monoisotopic (exact) mass is 472 g/mol. The number of halogens is 1. The summed E-state index contributed by atoms with van der Waals surface area (Å²) >= 11 is 7.99. The molecule has 1 aliphatic heterocycles. The molecule has 4 rings (SSSR count). The van der Waals surface area contributed by atoms with Gasteiger partial charge in [0.1, 0.15) is 0 Å². The lowest BCUT2D eigenvalue weighted by Gasteiger charge is -2.23. The van der Waals surface area contributed by atoms with Crippen LogP contribution in [0.2, 0.25) is 5.02 Å². The fourth-order valence-electron chi connectivity index (χ4n) is 3.58. The van der Waals surface area contributed by atoms with Crippen molar-refractivity contribution in [3.8, 4) is 0 Å². The third kappa shape index (κ3) is 4.64. The highest BCUT2D eigenvalue weighted by Gasteiger charge is 2.20. The summed E-state index contributed by atoms with van der Waals surface area (Å²) in [5.41, 5.74) is 1.63. The van der Waals surface area contributed by atoms with Crippen LogP contribution in [0.4, 0.5) is 11.4 Å². The number of ether oxygens (including phenoxy) is 1. The number of nitro groups is 1. The van der Waals surface area contributed by atoms with Crippen molar-refractivity contribution < 1.29 is 14.5 Å². The zero-order chi connectivity index (χ0) is 22.7. The summed E-state index contributed by atoms with van der Waals surface area (Å²) in [5, 5.41) is 20.5. The molecule has 166 valence electrons. The Balaban J connectivity index is 1.58. The van der Waals surface area contributed by atoms with Crippen molar-refractivity contribution in [3.05, 3.63) is 74.4 Å². The van der Waals surface area contributed by atoms with Gasteiger partial charge in [-0.05, 0) is 37.7 Å². The third-order valence-corrected chi connectivity index (χ3v) is 6.29. The topological polar surface area (TPSA) is 99.3 Å². The molecule has 0 spiro atoms. The van der Waals surface area contributed by atoms with Crippen LogP contribution in [0.5, 0.6) is 0 Å². The van der Waals surface area contributed by atoms with Gasteiger partial charge in [0, 0.05) is 35.8 Å². The van der Waals surface area contributed by atoms with E-state index in [-0.39, 0.29) is 23.3 Å². The molecule has 1 unspecified atom stereocenters. The standard InChI is InChI=1S/C22H21ClN4O4S/c1-32-20(12-19(28)14-5-4-6-15(11-14)27(29)30)25-17-8-9-18-16(22(17)23)13-24-26(18)21-7-2-3-10-31-21/h4-6,8-9,11-13,21,25H,2-3,7,10H2,1H3/b20-12-. The first-order valence-electron chi connectivity index (χ1n) is 10.1. The van der Waals surface area contributed by atoms with E-state index in [0.29, 0.717) is 15.7 Å². The Labute approximate surface area is 193 Å². The SMILES string of the molecule is CS/C(=C\C(=O)c1cccc([N+](=O)[O-])c1)Nc1ccc2c(cnn2C2CCCCO2)c1Cl. The molecule has 1 aromatic heterocycles. The van der Waals surface area contributed by atoms with Gasteiger partial charge < -0.3 is 10.1 Å². The van der Waals surface area contributed by atoms with E-state index in [1.807, 2.05) is 23.1 Å². The summed E-state index contributed by atoms with van der Waals surface area (Å²) in [7, 11) is 0. The summed E-state index contributed by atoms with van der Waals surface area (Å²) < 4.78 is 7.70. The number of allylic oxidation sites excluding steroid dienone is 1. The van der Waals surface area contributed by atoms with Crippen molar-refractivity contribution in [1.29, 1.82) is 0 Å². The molecule has 0 saturated carbocycles. The summed E-state index contributed by atoms with van der Waals surface area (Å²) in [6.45, 7) is 0.722. The third-order valence-electron chi connectivity index (χ3n) is 5.22. The zero-order valence-electron chi connectivity index (χ0n) is 17.3. The number of carbonyl (C=O) groups is 1. The predicted molar refractivity (Wildman–Crippen MR) is 126 cm³/mol. The van der Waals surface area contributed by atoms with Crippen molar-refractivity contribution in [2.24, 2.45) is 0 Å². The smallest absolute Gasteiger partial charge is 0.270 e. The number of carbonyl (C=O) groups excluding carboxylic acids is 1. The average Bonchev–Trinajstić information content (AvgIpc) is 3.25. The minimum absolute atomic E-state index is 0.0923. The number of ketones is 1. The molecule has 0 radical (unpaired) electrons. The fraction of sp³-hybridized carbons (Fsp3) is 0.273. The van der Waals surface area contributed by atoms with Crippen molar-refractivity contribution in [2.75, 3.05) is 18.2 Å². The number of hydrogen-bond acceptors (Lipinski definition) is 7. The van der Waals surface area contributed by atoms with Gasteiger partial charge in [0.15, 0.2) is 12.0 Å². The lowest BCUT2D eigenvalue weighted by atomic mass is 10.1. The quantitative estimate of drug-likeness (QED) is 0.201. The predicted octanol–water partition coefficient (Wildman–Crippen LogP) is 5.80. The number of rotatable bonds is 7. The molecule has 10 heteroatoms. The van der Waals surface area contributed by atoms with Gasteiger partial charge in [0.05, 0.1) is 32.4 Å². The maximum absolute atomic E-state index is 12.6. The largest absolute Gasteiger partial charge is 0.356 e. The molecule has 1 fully saturated rings. The second-order valence-electron chi connectivity index (χ2n) is 7.28. The van der Waals surface area contributed by atoms with Gasteiger partial charge >= 0.3 is 0 Å². The molecular formula is C22H21ClN4O4S. The van der Waals surface area contributed by atoms with E-state index in [1.54, 1.807) is 12.3 Å². The number of thioether (sulfide) groups is 1. The first-order valence-corrected chi connectivity index (χ1v) is 11.7. The molecule has 1 aliphatic rings. The van der Waals surface area contributed by atoms with Crippen LogP contribution >= 0.6 is 23.4 Å². The van der Waals surface area contributed by atoms with Gasteiger partial charge in [-0.2, -0.15) is 5.10 Å². The van der Waals surface area contributed by atoms with Crippen LogP contribution in [0.1, 0.15) is 35.8 Å². The summed E-state index contributed by atoms with van der Waals surface area (Å²) in [6, 6.07) is 9.41. The first-order chi connectivity index (χ1) is 15.5. The Morgan fingerprint density at radius 2 is 2.22 bits per heavy atom. The van der Waals surface area contributed by atoms with Gasteiger partial charge in [-0.15, -0.1) is 11.8 Å². The molecular weight excluding hydrogens is 452 g/mol. The summed E-state index contributed by atoms with van der Waals surface area (Å²) in [4.78, 5) is 23.1. The van der Waals surface area contributed by atoms with Crippen LogP contribution in [0.15, 0.2) is 53.7 Å². The van der Waals surface area contributed by atoms with Crippen LogP contribution in [0.3, 0.4) is 0 Å². The zero-order valence-corrected chi connectivity index (χ0v) is 18.9. The van der Waals surface area contributed by atoms with Crippen LogP contribution in [-0.4, -0.2) is 33.3 Å². The van der Waals surface area contributed by atoms with Crippen LogP contribution in [0, 0.1) is 10.1 Å². The van der Waals surface area contributed by atoms with Crippen LogP contribution in [-0.2, 0) is 4.74 Å². The van der Waals surface area contributed by atoms with E-state index in [0.717, 1.165) is 36.8 Å². The number of hydrogen-bond donors (Lipinski definition) is 1. The van der Waals surface area contributed by atoms with Crippen molar-refractivity contribution >= 4 is 51.4 Å². The van der Waals surface area contributed by atoms with Gasteiger partial charge in [0.25, 0.3) is 5.69 Å². The Kier molecular flexibility index (Phi) is 6.78. The maximum atomic E-state index is 12.6. The van der Waals surface area contributed by atoms with Crippen molar-refractivity contribution in [3.63, 3.8) is 0 Å². The molecule has 0 bridgehead atoms. The number of anilines is 1. The van der Waals surface area contributed by atoms with Crippen LogP contribution in [0.25, 0.3) is 10.9 Å². The van der Waals surface area contributed by atoms with Gasteiger partial charge in [-0.3, -0.25) is 14.9 Å². The maximum Gasteiger partial charge on any atom is 0.270 e. The lowest BCUT2D eigenvalue weighted by molar-refractivity contribution is -0.384. The van der Waals surface area contributed by atoms with Crippen molar-refractivity contribution in [1.82, 2.24) is 9.78 Å². The second-order valence-corrected chi connectivity index (χ2v) is 8.51. The Bertz CT molecular complexity index is 1200. The summed E-state index contributed by atoms with van der Waals surface area (Å²) in [6.07, 6.45) is 7.92. The molecule has 1 saturated heterocycles. The molecule has 3 aromatic rings.